The molecule has 1 fully saturated rings. The van der Waals surface area contributed by atoms with Crippen molar-refractivity contribution in [2.45, 2.75) is 45.6 Å². The van der Waals surface area contributed by atoms with Crippen molar-refractivity contribution in [3.05, 3.63) is 47.8 Å². The second kappa shape index (κ2) is 7.07. The highest BCUT2D eigenvalue weighted by atomic mass is 16.2. The molecule has 7 heteroatoms. The third kappa shape index (κ3) is 3.60. The Morgan fingerprint density at radius 1 is 1.14 bits per heavy atom. The first-order valence-corrected chi connectivity index (χ1v) is 9.49. The number of anilines is 2. The lowest BCUT2D eigenvalue weighted by Gasteiger charge is -2.11. The normalized spacial score (nSPS) is 13.7. The van der Waals surface area contributed by atoms with Crippen LogP contribution in [0.15, 0.2) is 36.5 Å². The maximum absolute atomic E-state index is 13.1. The molecule has 2 heterocycles. The summed E-state index contributed by atoms with van der Waals surface area (Å²) in [5, 5.41) is 10.8. The summed E-state index contributed by atoms with van der Waals surface area (Å²) in [5.41, 5.74) is 3.52. The van der Waals surface area contributed by atoms with E-state index in [2.05, 4.69) is 15.7 Å². The van der Waals surface area contributed by atoms with E-state index in [1.165, 1.54) is 6.92 Å². The van der Waals surface area contributed by atoms with Crippen molar-refractivity contribution in [1.29, 1.82) is 0 Å². The Balaban J connectivity index is 1.70. The zero-order valence-corrected chi connectivity index (χ0v) is 16.2. The number of hydrogen-bond donors (Lipinski definition) is 2. The van der Waals surface area contributed by atoms with Gasteiger partial charge in [-0.15, -0.1) is 0 Å². The lowest BCUT2D eigenvalue weighted by atomic mass is 10.1. The van der Waals surface area contributed by atoms with E-state index in [1.807, 2.05) is 24.6 Å². The minimum absolute atomic E-state index is 0.157. The van der Waals surface area contributed by atoms with Gasteiger partial charge in [0.1, 0.15) is 0 Å². The Labute approximate surface area is 163 Å². The summed E-state index contributed by atoms with van der Waals surface area (Å²) in [7, 11) is 0. The van der Waals surface area contributed by atoms with Crippen molar-refractivity contribution >= 4 is 34.2 Å². The van der Waals surface area contributed by atoms with Crippen molar-refractivity contribution < 1.29 is 9.59 Å². The van der Waals surface area contributed by atoms with Gasteiger partial charge in [0, 0.05) is 36.0 Å². The van der Waals surface area contributed by atoms with E-state index >= 15 is 0 Å². The molecule has 0 unspecified atom stereocenters. The third-order valence-electron chi connectivity index (χ3n) is 4.76. The van der Waals surface area contributed by atoms with Gasteiger partial charge in [-0.2, -0.15) is 5.10 Å². The molecule has 1 saturated carbocycles. The van der Waals surface area contributed by atoms with Crippen LogP contribution in [0.5, 0.6) is 0 Å². The Morgan fingerprint density at radius 2 is 1.86 bits per heavy atom. The van der Waals surface area contributed by atoms with Crippen LogP contribution in [0.3, 0.4) is 0 Å². The average molecular weight is 377 g/mol. The monoisotopic (exact) mass is 377 g/mol. The summed E-state index contributed by atoms with van der Waals surface area (Å²) in [5.74, 6) is 0.0571. The summed E-state index contributed by atoms with van der Waals surface area (Å²) in [6.07, 6.45) is 3.92. The number of nitrogens with zero attached hydrogens (tertiary/aromatic N) is 3. The van der Waals surface area contributed by atoms with Crippen molar-refractivity contribution in [3.8, 4) is 0 Å². The summed E-state index contributed by atoms with van der Waals surface area (Å²) in [6.45, 7) is 5.54. The molecule has 3 aromatic rings. The van der Waals surface area contributed by atoms with Crippen LogP contribution in [0.1, 0.15) is 61.6 Å². The molecule has 2 N–H and O–H groups in total. The topological polar surface area (TPSA) is 88.9 Å². The van der Waals surface area contributed by atoms with Gasteiger partial charge in [-0.3, -0.25) is 9.59 Å². The molecule has 2 amide bonds. The molecule has 0 saturated heterocycles. The fourth-order valence-corrected chi connectivity index (χ4v) is 3.27. The Morgan fingerprint density at radius 3 is 2.50 bits per heavy atom. The largest absolute Gasteiger partial charge is 0.326 e. The zero-order valence-electron chi connectivity index (χ0n) is 16.2. The second-order valence-electron chi connectivity index (χ2n) is 7.51. The van der Waals surface area contributed by atoms with Crippen LogP contribution in [-0.4, -0.2) is 26.6 Å². The lowest BCUT2D eigenvalue weighted by molar-refractivity contribution is -0.114. The molecule has 0 spiro atoms. The van der Waals surface area contributed by atoms with Crippen LogP contribution in [0.4, 0.5) is 11.4 Å². The van der Waals surface area contributed by atoms with E-state index in [9.17, 15) is 9.59 Å². The maximum atomic E-state index is 13.1. The highest BCUT2D eigenvalue weighted by Gasteiger charge is 2.28. The fourth-order valence-electron chi connectivity index (χ4n) is 3.27. The number of carbonyl (C=O) groups is 2. The number of hydrogen-bond acceptors (Lipinski definition) is 4. The predicted molar refractivity (Wildman–Crippen MR) is 109 cm³/mol. The van der Waals surface area contributed by atoms with Crippen LogP contribution in [0.2, 0.25) is 0 Å². The molecular formula is C21H23N5O2. The van der Waals surface area contributed by atoms with Gasteiger partial charge >= 0.3 is 0 Å². The van der Waals surface area contributed by atoms with Gasteiger partial charge in [0.2, 0.25) is 5.91 Å². The summed E-state index contributed by atoms with van der Waals surface area (Å²) >= 11 is 0. The van der Waals surface area contributed by atoms with E-state index in [0.717, 1.165) is 29.6 Å². The molecule has 0 bridgehead atoms. The van der Waals surface area contributed by atoms with Gasteiger partial charge in [0.05, 0.1) is 17.1 Å². The molecule has 1 aliphatic rings. The van der Waals surface area contributed by atoms with Gasteiger partial charge in [0.15, 0.2) is 5.65 Å². The average Bonchev–Trinajstić information content (AvgIpc) is 3.39. The molecule has 0 atom stereocenters. The first-order chi connectivity index (χ1) is 13.4. The molecule has 7 nitrogen and oxygen atoms in total. The number of fused-ring (bicyclic) bond motifs is 1. The molecule has 4 rings (SSSR count). The van der Waals surface area contributed by atoms with Crippen molar-refractivity contribution in [3.63, 3.8) is 0 Å². The van der Waals surface area contributed by atoms with Crippen molar-refractivity contribution in [2.75, 3.05) is 10.6 Å². The molecule has 1 aliphatic carbocycles. The quantitative estimate of drug-likeness (QED) is 0.700. The predicted octanol–water partition coefficient (Wildman–Crippen LogP) is 4.10. The van der Waals surface area contributed by atoms with Gasteiger partial charge < -0.3 is 10.6 Å². The number of nitrogens with one attached hydrogen (secondary N) is 2. The zero-order chi connectivity index (χ0) is 19.8. The molecule has 144 valence electrons. The molecule has 0 radical (unpaired) electrons. The Bertz CT molecular complexity index is 1070. The summed E-state index contributed by atoms with van der Waals surface area (Å²) in [4.78, 5) is 29.1. The first kappa shape index (κ1) is 18.2. The maximum Gasteiger partial charge on any atom is 0.256 e. The number of carbonyl (C=O) groups excluding carboxylic acids is 2. The minimum Gasteiger partial charge on any atom is -0.326 e. The van der Waals surface area contributed by atoms with Crippen LogP contribution in [-0.2, 0) is 4.79 Å². The molecule has 0 aliphatic heterocycles. The van der Waals surface area contributed by atoms with Crippen LogP contribution < -0.4 is 10.6 Å². The van der Waals surface area contributed by atoms with E-state index < -0.39 is 0 Å². The number of amides is 2. The lowest BCUT2D eigenvalue weighted by Crippen LogP contribution is -2.14. The Kier molecular flexibility index (Phi) is 4.58. The van der Waals surface area contributed by atoms with Crippen LogP contribution >= 0.6 is 0 Å². The highest BCUT2D eigenvalue weighted by Crippen LogP contribution is 2.40. The first-order valence-electron chi connectivity index (χ1n) is 9.49. The Hall–Kier alpha value is -3.22. The number of pyridine rings is 1. The van der Waals surface area contributed by atoms with Gasteiger partial charge in [-0.05, 0) is 51.0 Å². The van der Waals surface area contributed by atoms with Gasteiger partial charge in [0.25, 0.3) is 5.91 Å². The third-order valence-corrected chi connectivity index (χ3v) is 4.76. The number of aromatic nitrogens is 3. The smallest absolute Gasteiger partial charge is 0.256 e. The summed E-state index contributed by atoms with van der Waals surface area (Å²) < 4.78 is 1.86. The van der Waals surface area contributed by atoms with E-state index in [-0.39, 0.29) is 17.9 Å². The highest BCUT2D eigenvalue weighted by molar-refractivity contribution is 6.12. The number of benzene rings is 1. The van der Waals surface area contributed by atoms with Crippen LogP contribution in [0, 0.1) is 0 Å². The van der Waals surface area contributed by atoms with Gasteiger partial charge in [-0.1, -0.05) is 6.07 Å². The molecule has 1 aromatic carbocycles. The van der Waals surface area contributed by atoms with Crippen LogP contribution in [0.25, 0.3) is 11.0 Å². The molecular weight excluding hydrogens is 354 g/mol. The van der Waals surface area contributed by atoms with Crippen molar-refractivity contribution in [2.24, 2.45) is 0 Å². The fraction of sp³-hybridized carbons (Fsp3) is 0.333. The molecule has 2 aromatic heterocycles. The second-order valence-corrected chi connectivity index (χ2v) is 7.51. The standard InChI is InChI=1S/C21H23N5O2/c1-12(2)26-20-18(11-22-26)17(10-19(25-20)14-7-8-14)21(28)24-16-6-4-5-15(9-16)23-13(3)27/h4-6,9-12,14H,7-8H2,1-3H3,(H,23,27)(H,24,28). The van der Waals surface area contributed by atoms with Crippen molar-refractivity contribution in [1.82, 2.24) is 14.8 Å². The SMILES string of the molecule is CC(=O)Nc1cccc(NC(=O)c2cc(C3CC3)nc3c2cnn3C(C)C)c1. The minimum atomic E-state index is -0.211. The summed E-state index contributed by atoms with van der Waals surface area (Å²) in [6, 6.07) is 9.14. The van der Waals surface area contributed by atoms with E-state index in [0.29, 0.717) is 22.9 Å². The van der Waals surface area contributed by atoms with E-state index in [4.69, 9.17) is 4.98 Å². The number of rotatable bonds is 5. The van der Waals surface area contributed by atoms with Gasteiger partial charge in [-0.25, -0.2) is 9.67 Å². The van der Waals surface area contributed by atoms with E-state index in [1.54, 1.807) is 30.5 Å². The molecule has 28 heavy (non-hydrogen) atoms.